The summed E-state index contributed by atoms with van der Waals surface area (Å²) in [6.45, 7) is 0. The van der Waals surface area contributed by atoms with Gasteiger partial charge in [0.2, 0.25) is 5.91 Å². The van der Waals surface area contributed by atoms with Crippen molar-refractivity contribution in [3.05, 3.63) is 34.2 Å². The van der Waals surface area contributed by atoms with Gasteiger partial charge in [0.1, 0.15) is 6.33 Å². The van der Waals surface area contributed by atoms with Crippen LogP contribution in [0.5, 0.6) is 0 Å². The topological polar surface area (TPSA) is 85.3 Å². The highest BCUT2D eigenvalue weighted by atomic mass is 127. The average Bonchev–Trinajstić information content (AvgIpc) is 3.00. The van der Waals surface area contributed by atoms with E-state index in [1.54, 1.807) is 0 Å². The maximum atomic E-state index is 11.9. The van der Waals surface area contributed by atoms with E-state index in [9.17, 15) is 4.79 Å². The number of rotatable bonds is 4. The molecule has 0 saturated heterocycles. The molecule has 0 spiro atoms. The Labute approximate surface area is 131 Å². The summed E-state index contributed by atoms with van der Waals surface area (Å²) in [5.41, 5.74) is 0.796. The molecule has 9 heteroatoms. The minimum absolute atomic E-state index is 0.118. The monoisotopic (exact) mass is 401 g/mol. The number of carbonyl (C=O) groups is 1. The van der Waals surface area contributed by atoms with Crippen molar-refractivity contribution >= 4 is 51.8 Å². The van der Waals surface area contributed by atoms with Gasteiger partial charge in [0.15, 0.2) is 0 Å². The van der Waals surface area contributed by atoms with Crippen molar-refractivity contribution in [2.75, 3.05) is 11.1 Å². The van der Waals surface area contributed by atoms with Crippen LogP contribution in [0.1, 0.15) is 0 Å². The van der Waals surface area contributed by atoms with Gasteiger partial charge < -0.3 is 9.73 Å². The highest BCUT2D eigenvalue weighted by Gasteiger charge is 2.11. The number of hydrogen-bond donors (Lipinski definition) is 1. The number of amides is 1. The normalized spacial score (nSPS) is 10.8. The standard InChI is InChI=1S/C11H8IN5O2S/c12-7-3-1-2-4-8(7)14-9(18)5-20-11-16-17-6-13-15-10(17)19-11/h1-4,6H,5H2,(H,14,18). The fourth-order valence-corrected chi connectivity index (χ4v) is 2.60. The van der Waals surface area contributed by atoms with E-state index in [1.165, 1.54) is 22.6 Å². The Morgan fingerprint density at radius 1 is 1.45 bits per heavy atom. The maximum absolute atomic E-state index is 11.9. The number of hydrogen-bond acceptors (Lipinski definition) is 6. The van der Waals surface area contributed by atoms with Crippen LogP contribution in [0.3, 0.4) is 0 Å². The van der Waals surface area contributed by atoms with E-state index in [1.807, 2.05) is 24.3 Å². The number of halogens is 1. The van der Waals surface area contributed by atoms with E-state index in [0.29, 0.717) is 11.1 Å². The van der Waals surface area contributed by atoms with Gasteiger partial charge in [0.05, 0.1) is 11.4 Å². The summed E-state index contributed by atoms with van der Waals surface area (Å²) in [7, 11) is 0. The van der Waals surface area contributed by atoms with Gasteiger partial charge in [-0.2, -0.15) is 4.52 Å². The van der Waals surface area contributed by atoms with E-state index in [0.717, 1.165) is 9.26 Å². The van der Waals surface area contributed by atoms with Crippen molar-refractivity contribution in [3.63, 3.8) is 0 Å². The fraction of sp³-hybridized carbons (Fsp3) is 0.0909. The van der Waals surface area contributed by atoms with Crippen LogP contribution >= 0.6 is 34.4 Å². The molecule has 2 aromatic heterocycles. The third kappa shape index (κ3) is 2.93. The lowest BCUT2D eigenvalue weighted by Crippen LogP contribution is -2.14. The highest BCUT2D eigenvalue weighted by Crippen LogP contribution is 2.20. The minimum Gasteiger partial charge on any atom is -0.396 e. The van der Waals surface area contributed by atoms with Crippen molar-refractivity contribution in [1.82, 2.24) is 19.8 Å². The molecule has 1 aromatic carbocycles. The largest absolute Gasteiger partial charge is 0.396 e. The number of fused-ring (bicyclic) bond motifs is 1. The van der Waals surface area contributed by atoms with Gasteiger partial charge in [-0.1, -0.05) is 29.0 Å². The molecule has 3 aromatic rings. The van der Waals surface area contributed by atoms with Crippen LogP contribution in [-0.2, 0) is 4.79 Å². The van der Waals surface area contributed by atoms with Crippen molar-refractivity contribution < 1.29 is 9.21 Å². The minimum atomic E-state index is -0.118. The zero-order chi connectivity index (χ0) is 13.9. The molecular formula is C11H8IN5O2S. The third-order valence-electron chi connectivity index (χ3n) is 2.34. The quantitative estimate of drug-likeness (QED) is 0.532. The summed E-state index contributed by atoms with van der Waals surface area (Å²) in [5, 5.41) is 14.6. The van der Waals surface area contributed by atoms with Crippen molar-refractivity contribution in [3.8, 4) is 0 Å². The molecule has 0 saturated carbocycles. The van der Waals surface area contributed by atoms with Gasteiger partial charge in [0.25, 0.3) is 5.22 Å². The second kappa shape index (κ2) is 5.79. The van der Waals surface area contributed by atoms with E-state index >= 15 is 0 Å². The van der Waals surface area contributed by atoms with Crippen LogP contribution in [0.25, 0.3) is 5.84 Å². The Hall–Kier alpha value is -1.62. The van der Waals surface area contributed by atoms with Crippen molar-refractivity contribution in [1.29, 1.82) is 0 Å². The van der Waals surface area contributed by atoms with Crippen LogP contribution in [0, 0.1) is 3.57 Å². The van der Waals surface area contributed by atoms with E-state index in [-0.39, 0.29) is 11.7 Å². The van der Waals surface area contributed by atoms with Crippen LogP contribution in [0.4, 0.5) is 5.69 Å². The second-order valence-corrected chi connectivity index (χ2v) is 5.83. The first-order valence-electron chi connectivity index (χ1n) is 5.56. The zero-order valence-corrected chi connectivity index (χ0v) is 13.0. The third-order valence-corrected chi connectivity index (χ3v) is 4.10. The molecule has 2 heterocycles. The number of anilines is 1. The SMILES string of the molecule is O=C(CSc1nn2cnnc2o1)Nc1ccccc1I. The van der Waals surface area contributed by atoms with Crippen LogP contribution in [-0.4, -0.2) is 31.5 Å². The second-order valence-electron chi connectivity index (χ2n) is 3.74. The lowest BCUT2D eigenvalue weighted by Gasteiger charge is -2.05. The molecule has 0 aliphatic heterocycles. The first-order chi connectivity index (χ1) is 9.72. The van der Waals surface area contributed by atoms with Gasteiger partial charge in [-0.15, -0.1) is 10.2 Å². The number of benzene rings is 1. The Morgan fingerprint density at radius 3 is 3.10 bits per heavy atom. The summed E-state index contributed by atoms with van der Waals surface area (Å²) in [4.78, 5) is 11.9. The van der Waals surface area contributed by atoms with E-state index in [4.69, 9.17) is 4.42 Å². The Kier molecular flexibility index (Phi) is 3.87. The Bertz CT molecular complexity index is 727. The van der Waals surface area contributed by atoms with Gasteiger partial charge in [-0.25, -0.2) is 0 Å². The number of nitrogens with one attached hydrogen (secondary N) is 1. The smallest absolute Gasteiger partial charge is 0.345 e. The average molecular weight is 401 g/mol. The number of carbonyl (C=O) groups excluding carboxylic acids is 1. The van der Waals surface area contributed by atoms with Crippen LogP contribution in [0.15, 0.2) is 40.2 Å². The molecular weight excluding hydrogens is 393 g/mol. The van der Waals surface area contributed by atoms with Crippen LogP contribution < -0.4 is 5.32 Å². The molecule has 0 aliphatic rings. The molecule has 3 rings (SSSR count). The number of nitrogens with zero attached hydrogens (tertiary/aromatic N) is 4. The first-order valence-corrected chi connectivity index (χ1v) is 7.63. The Balaban J connectivity index is 1.59. The summed E-state index contributed by atoms with van der Waals surface area (Å²) < 4.78 is 7.70. The zero-order valence-electron chi connectivity index (χ0n) is 9.99. The number of para-hydroxylation sites is 1. The molecule has 0 aliphatic carbocycles. The molecule has 102 valence electrons. The molecule has 20 heavy (non-hydrogen) atoms. The molecule has 0 fully saturated rings. The van der Waals surface area contributed by atoms with Crippen LogP contribution in [0.2, 0.25) is 0 Å². The molecule has 0 atom stereocenters. The number of thioether (sulfide) groups is 1. The van der Waals surface area contributed by atoms with Gasteiger partial charge in [0, 0.05) is 3.57 Å². The van der Waals surface area contributed by atoms with Gasteiger partial charge >= 0.3 is 5.84 Å². The number of aromatic nitrogens is 4. The van der Waals surface area contributed by atoms with Gasteiger partial charge in [-0.3, -0.25) is 4.79 Å². The molecule has 0 unspecified atom stereocenters. The van der Waals surface area contributed by atoms with Crippen molar-refractivity contribution in [2.24, 2.45) is 0 Å². The summed E-state index contributed by atoms with van der Waals surface area (Å²) in [6, 6.07) is 7.58. The molecule has 1 amide bonds. The van der Waals surface area contributed by atoms with E-state index in [2.05, 4.69) is 43.2 Å². The summed E-state index contributed by atoms with van der Waals surface area (Å²) in [5.74, 6) is 0.404. The van der Waals surface area contributed by atoms with Crippen molar-refractivity contribution in [2.45, 2.75) is 5.22 Å². The lowest BCUT2D eigenvalue weighted by atomic mass is 10.3. The predicted molar refractivity (Wildman–Crippen MR) is 81.6 cm³/mol. The molecule has 0 bridgehead atoms. The summed E-state index contributed by atoms with van der Waals surface area (Å²) in [6.07, 6.45) is 1.44. The lowest BCUT2D eigenvalue weighted by molar-refractivity contribution is -0.113. The Morgan fingerprint density at radius 2 is 2.30 bits per heavy atom. The highest BCUT2D eigenvalue weighted by molar-refractivity contribution is 14.1. The van der Waals surface area contributed by atoms with Gasteiger partial charge in [-0.05, 0) is 34.7 Å². The molecule has 1 N–H and O–H groups in total. The fourth-order valence-electron chi connectivity index (χ4n) is 1.48. The van der Waals surface area contributed by atoms with E-state index < -0.39 is 0 Å². The first kappa shape index (κ1) is 13.4. The maximum Gasteiger partial charge on any atom is 0.345 e. The molecule has 0 radical (unpaired) electrons. The molecule has 7 nitrogen and oxygen atoms in total. The predicted octanol–water partition coefficient (Wildman–Crippen LogP) is 2.05. The summed E-state index contributed by atoms with van der Waals surface area (Å²) >= 11 is 3.37.